The maximum atomic E-state index is 6.24. The average Bonchev–Trinajstić information content (AvgIpc) is 2.60. The van der Waals surface area contributed by atoms with Crippen molar-refractivity contribution in [3.8, 4) is 0 Å². The van der Waals surface area contributed by atoms with Crippen molar-refractivity contribution in [3.63, 3.8) is 0 Å². The second-order valence-electron chi connectivity index (χ2n) is 5.84. The Hall–Kier alpha value is -0.120. The van der Waals surface area contributed by atoms with Crippen LogP contribution in [0.4, 0.5) is 0 Å². The minimum Gasteiger partial charge on any atom is -0.378 e. The van der Waals surface area contributed by atoms with Crippen molar-refractivity contribution in [2.75, 3.05) is 19.7 Å². The van der Waals surface area contributed by atoms with Crippen LogP contribution in [-0.4, -0.2) is 31.8 Å². The molecule has 0 aromatic carbocycles. The summed E-state index contributed by atoms with van der Waals surface area (Å²) >= 11 is 0. The number of rotatable bonds is 4. The molecule has 3 nitrogen and oxygen atoms in total. The number of hydrogen-bond donors (Lipinski definition) is 2. The maximum absolute atomic E-state index is 6.24. The molecule has 1 heterocycles. The fraction of sp³-hybridized carbons (Fsp3) is 1.00. The van der Waals surface area contributed by atoms with Gasteiger partial charge in [-0.25, -0.2) is 0 Å². The zero-order valence-corrected chi connectivity index (χ0v) is 11.2. The quantitative estimate of drug-likeness (QED) is 0.738. The van der Waals surface area contributed by atoms with Crippen molar-refractivity contribution in [1.29, 1.82) is 0 Å². The highest BCUT2D eigenvalue weighted by molar-refractivity contribution is 4.80. The van der Waals surface area contributed by atoms with Crippen LogP contribution < -0.4 is 11.1 Å². The highest BCUT2D eigenvalue weighted by Crippen LogP contribution is 2.22. The van der Waals surface area contributed by atoms with E-state index in [0.717, 1.165) is 19.7 Å². The van der Waals surface area contributed by atoms with Crippen LogP contribution in [0.1, 0.15) is 45.4 Å². The topological polar surface area (TPSA) is 47.3 Å². The third-order valence-corrected chi connectivity index (χ3v) is 4.56. The summed E-state index contributed by atoms with van der Waals surface area (Å²) in [6.07, 6.45) is 8.24. The molecule has 2 aliphatic rings. The predicted molar refractivity (Wildman–Crippen MR) is 70.9 cm³/mol. The summed E-state index contributed by atoms with van der Waals surface area (Å²) in [6, 6.07) is 0.419. The molecule has 17 heavy (non-hydrogen) atoms. The maximum Gasteiger partial charge on any atom is 0.0588 e. The lowest BCUT2D eigenvalue weighted by Gasteiger charge is -2.23. The van der Waals surface area contributed by atoms with Gasteiger partial charge in [0.25, 0.3) is 0 Å². The molecule has 2 fully saturated rings. The number of ether oxygens (including phenoxy) is 1. The molecule has 100 valence electrons. The fourth-order valence-corrected chi connectivity index (χ4v) is 3.16. The van der Waals surface area contributed by atoms with Gasteiger partial charge in [0.1, 0.15) is 0 Å². The van der Waals surface area contributed by atoms with Crippen molar-refractivity contribution in [2.24, 2.45) is 17.6 Å². The first-order valence-electron chi connectivity index (χ1n) is 7.35. The average molecular weight is 240 g/mol. The fourth-order valence-electron chi connectivity index (χ4n) is 3.16. The largest absolute Gasteiger partial charge is 0.378 e. The molecule has 1 aliphatic carbocycles. The summed E-state index contributed by atoms with van der Waals surface area (Å²) < 4.78 is 5.58. The van der Waals surface area contributed by atoms with E-state index >= 15 is 0 Å². The first-order valence-corrected chi connectivity index (χ1v) is 7.35. The minimum atomic E-state index is 0.419. The Morgan fingerprint density at radius 3 is 2.59 bits per heavy atom. The summed E-state index contributed by atoms with van der Waals surface area (Å²) in [5.74, 6) is 1.40. The Kier molecular flexibility index (Phi) is 5.26. The summed E-state index contributed by atoms with van der Waals surface area (Å²) in [5.41, 5.74) is 6.24. The Labute approximate surface area is 105 Å². The Morgan fingerprint density at radius 2 is 1.82 bits per heavy atom. The minimum absolute atomic E-state index is 0.419. The molecule has 0 aromatic heterocycles. The molecule has 1 saturated carbocycles. The van der Waals surface area contributed by atoms with Crippen molar-refractivity contribution >= 4 is 0 Å². The molecular formula is C14H28N2O. The highest BCUT2D eigenvalue weighted by Gasteiger charge is 2.25. The molecule has 4 unspecified atom stereocenters. The third kappa shape index (κ3) is 3.94. The van der Waals surface area contributed by atoms with Crippen molar-refractivity contribution in [3.05, 3.63) is 0 Å². The van der Waals surface area contributed by atoms with Crippen molar-refractivity contribution < 1.29 is 4.74 Å². The van der Waals surface area contributed by atoms with Crippen molar-refractivity contribution in [1.82, 2.24) is 5.32 Å². The van der Waals surface area contributed by atoms with Gasteiger partial charge < -0.3 is 15.8 Å². The van der Waals surface area contributed by atoms with Crippen LogP contribution in [0.5, 0.6) is 0 Å². The first kappa shape index (κ1) is 13.3. The Morgan fingerprint density at radius 1 is 1.06 bits per heavy atom. The van der Waals surface area contributed by atoms with Gasteiger partial charge in [-0.05, 0) is 44.6 Å². The highest BCUT2D eigenvalue weighted by atomic mass is 16.5. The van der Waals surface area contributed by atoms with Gasteiger partial charge in [0.15, 0.2) is 0 Å². The molecule has 2 rings (SSSR count). The van der Waals surface area contributed by atoms with E-state index in [1.54, 1.807) is 0 Å². The molecule has 1 aliphatic heterocycles. The SMILES string of the molecule is CC1OCCC1CNCC1CCCCCC1N. The zero-order chi connectivity index (χ0) is 12.1. The second kappa shape index (κ2) is 6.72. The van der Waals surface area contributed by atoms with E-state index in [-0.39, 0.29) is 0 Å². The first-order chi connectivity index (χ1) is 8.27. The van der Waals surface area contributed by atoms with Gasteiger partial charge in [-0.15, -0.1) is 0 Å². The van der Waals surface area contributed by atoms with E-state index in [0.29, 0.717) is 24.0 Å². The van der Waals surface area contributed by atoms with E-state index in [9.17, 15) is 0 Å². The number of nitrogens with two attached hydrogens (primary N) is 1. The van der Waals surface area contributed by atoms with Gasteiger partial charge in [-0.1, -0.05) is 19.3 Å². The zero-order valence-electron chi connectivity index (χ0n) is 11.2. The van der Waals surface area contributed by atoms with Crippen LogP contribution in [-0.2, 0) is 4.74 Å². The van der Waals surface area contributed by atoms with Gasteiger partial charge in [-0.3, -0.25) is 0 Å². The summed E-state index contributed by atoms with van der Waals surface area (Å²) in [5, 5.41) is 3.63. The summed E-state index contributed by atoms with van der Waals surface area (Å²) in [6.45, 7) is 5.34. The molecule has 0 aromatic rings. The van der Waals surface area contributed by atoms with Crippen LogP contribution in [0.2, 0.25) is 0 Å². The Balaban J connectivity index is 1.66. The summed E-state index contributed by atoms with van der Waals surface area (Å²) in [4.78, 5) is 0. The molecule has 0 radical (unpaired) electrons. The van der Waals surface area contributed by atoms with E-state index in [1.165, 1.54) is 38.5 Å². The lowest BCUT2D eigenvalue weighted by atomic mass is 9.95. The van der Waals surface area contributed by atoms with Gasteiger partial charge in [0.2, 0.25) is 0 Å². The molecule has 0 amide bonds. The van der Waals surface area contributed by atoms with E-state index in [2.05, 4.69) is 12.2 Å². The third-order valence-electron chi connectivity index (χ3n) is 4.56. The molecule has 0 spiro atoms. The molecule has 0 bridgehead atoms. The van der Waals surface area contributed by atoms with Gasteiger partial charge in [0.05, 0.1) is 6.10 Å². The molecule has 4 atom stereocenters. The lowest BCUT2D eigenvalue weighted by molar-refractivity contribution is 0.105. The van der Waals surface area contributed by atoms with Gasteiger partial charge in [-0.2, -0.15) is 0 Å². The standard InChI is InChI=1S/C14H28N2O/c1-11-12(7-8-17-11)9-16-10-13-5-3-2-4-6-14(13)15/h11-14,16H,2-10,15H2,1H3. The molecule has 3 heteroatoms. The number of nitrogens with one attached hydrogen (secondary N) is 1. The predicted octanol–water partition coefficient (Wildman–Crippen LogP) is 1.91. The van der Waals surface area contributed by atoms with E-state index in [1.807, 2.05) is 0 Å². The monoisotopic (exact) mass is 240 g/mol. The normalized spacial score (nSPS) is 39.2. The van der Waals surface area contributed by atoms with Crippen LogP contribution in [0.25, 0.3) is 0 Å². The number of hydrogen-bond acceptors (Lipinski definition) is 3. The second-order valence-corrected chi connectivity index (χ2v) is 5.84. The Bertz CT molecular complexity index is 222. The van der Waals surface area contributed by atoms with E-state index in [4.69, 9.17) is 10.5 Å². The van der Waals surface area contributed by atoms with Crippen LogP contribution >= 0.6 is 0 Å². The van der Waals surface area contributed by atoms with Gasteiger partial charge >= 0.3 is 0 Å². The van der Waals surface area contributed by atoms with E-state index < -0.39 is 0 Å². The van der Waals surface area contributed by atoms with Crippen LogP contribution in [0.15, 0.2) is 0 Å². The molecule has 1 saturated heterocycles. The lowest BCUT2D eigenvalue weighted by Crippen LogP contribution is -2.38. The smallest absolute Gasteiger partial charge is 0.0588 e. The van der Waals surface area contributed by atoms with Crippen LogP contribution in [0.3, 0.4) is 0 Å². The molecular weight excluding hydrogens is 212 g/mol. The van der Waals surface area contributed by atoms with Crippen molar-refractivity contribution in [2.45, 2.75) is 57.6 Å². The molecule has 3 N–H and O–H groups in total. The summed E-state index contributed by atoms with van der Waals surface area (Å²) in [7, 11) is 0. The van der Waals surface area contributed by atoms with Gasteiger partial charge in [0, 0.05) is 19.2 Å². The van der Waals surface area contributed by atoms with Crippen LogP contribution in [0, 0.1) is 11.8 Å².